The number of nitrogens with zero attached hydrogens (tertiary/aromatic N) is 1. The molecule has 0 heterocycles. The van der Waals surface area contributed by atoms with E-state index < -0.39 is 0 Å². The van der Waals surface area contributed by atoms with Crippen molar-refractivity contribution < 1.29 is 4.79 Å². The first-order chi connectivity index (χ1) is 10.6. The van der Waals surface area contributed by atoms with E-state index in [0.29, 0.717) is 19.0 Å². The van der Waals surface area contributed by atoms with Gasteiger partial charge < -0.3 is 16.0 Å². The standard InChI is InChI=1S/C17H34N4O/c1-4-18-17(19-12-7-8-14(2)3)20-13-11-16(22)21-15-9-5-6-10-15/h14-15H,4-13H2,1-3H3,(H,21,22)(H2,18,19,20). The third kappa shape index (κ3) is 8.90. The van der Waals surface area contributed by atoms with Crippen molar-refractivity contribution in [2.45, 2.75) is 71.8 Å². The molecule has 0 aromatic rings. The van der Waals surface area contributed by atoms with E-state index in [1.165, 1.54) is 19.3 Å². The maximum Gasteiger partial charge on any atom is 0.221 e. The van der Waals surface area contributed by atoms with Crippen molar-refractivity contribution in [3.63, 3.8) is 0 Å². The van der Waals surface area contributed by atoms with Crippen LogP contribution in [0.2, 0.25) is 0 Å². The number of hydrogen-bond acceptors (Lipinski definition) is 2. The molecule has 0 aromatic heterocycles. The lowest BCUT2D eigenvalue weighted by Crippen LogP contribution is -2.40. The third-order valence-electron chi connectivity index (χ3n) is 3.92. The van der Waals surface area contributed by atoms with Crippen LogP contribution in [-0.2, 0) is 4.79 Å². The Morgan fingerprint density at radius 3 is 2.59 bits per heavy atom. The highest BCUT2D eigenvalue weighted by atomic mass is 16.1. The summed E-state index contributed by atoms with van der Waals surface area (Å²) in [5, 5.41) is 9.58. The van der Waals surface area contributed by atoms with Gasteiger partial charge in [0.25, 0.3) is 0 Å². The van der Waals surface area contributed by atoms with Crippen molar-refractivity contribution in [1.29, 1.82) is 0 Å². The summed E-state index contributed by atoms with van der Waals surface area (Å²) in [7, 11) is 0. The van der Waals surface area contributed by atoms with Crippen molar-refractivity contribution in [2.24, 2.45) is 10.9 Å². The fourth-order valence-electron chi connectivity index (χ4n) is 2.70. The van der Waals surface area contributed by atoms with E-state index in [0.717, 1.165) is 44.2 Å². The minimum Gasteiger partial charge on any atom is -0.357 e. The summed E-state index contributed by atoms with van der Waals surface area (Å²) < 4.78 is 0. The lowest BCUT2D eigenvalue weighted by atomic mass is 10.1. The molecule has 1 rings (SSSR count). The number of carbonyl (C=O) groups excluding carboxylic acids is 1. The molecule has 22 heavy (non-hydrogen) atoms. The van der Waals surface area contributed by atoms with Gasteiger partial charge in [0.05, 0.1) is 0 Å². The zero-order chi connectivity index (χ0) is 16.2. The zero-order valence-corrected chi connectivity index (χ0v) is 14.6. The number of hydrogen-bond donors (Lipinski definition) is 3. The maximum absolute atomic E-state index is 11.9. The number of rotatable bonds is 9. The molecule has 0 atom stereocenters. The largest absolute Gasteiger partial charge is 0.357 e. The van der Waals surface area contributed by atoms with Crippen molar-refractivity contribution in [2.75, 3.05) is 19.6 Å². The van der Waals surface area contributed by atoms with Crippen molar-refractivity contribution >= 4 is 11.9 Å². The fourth-order valence-corrected chi connectivity index (χ4v) is 2.70. The zero-order valence-electron chi connectivity index (χ0n) is 14.6. The summed E-state index contributed by atoms with van der Waals surface area (Å²) in [6, 6.07) is 0.408. The average Bonchev–Trinajstić information content (AvgIpc) is 2.96. The van der Waals surface area contributed by atoms with E-state index in [-0.39, 0.29) is 5.91 Å². The van der Waals surface area contributed by atoms with Crippen LogP contribution in [0.3, 0.4) is 0 Å². The van der Waals surface area contributed by atoms with Crippen LogP contribution < -0.4 is 16.0 Å². The molecule has 5 heteroatoms. The molecule has 0 aromatic carbocycles. The second-order valence-electron chi connectivity index (χ2n) is 6.52. The summed E-state index contributed by atoms with van der Waals surface area (Å²) in [5.41, 5.74) is 0. The topological polar surface area (TPSA) is 65.5 Å². The second-order valence-corrected chi connectivity index (χ2v) is 6.52. The van der Waals surface area contributed by atoms with Gasteiger partial charge in [-0.25, -0.2) is 0 Å². The molecule has 5 nitrogen and oxygen atoms in total. The normalized spacial score (nSPS) is 16.1. The Morgan fingerprint density at radius 2 is 1.95 bits per heavy atom. The second kappa shape index (κ2) is 11.3. The maximum atomic E-state index is 11.9. The first-order valence-corrected chi connectivity index (χ1v) is 8.93. The molecular formula is C17H34N4O. The molecule has 0 bridgehead atoms. The number of guanidine groups is 1. The molecule has 128 valence electrons. The van der Waals surface area contributed by atoms with Crippen LogP contribution in [-0.4, -0.2) is 37.5 Å². The highest BCUT2D eigenvalue weighted by molar-refractivity contribution is 5.81. The van der Waals surface area contributed by atoms with Gasteiger partial charge >= 0.3 is 0 Å². The minimum absolute atomic E-state index is 0.148. The Balaban J connectivity index is 2.18. The quantitative estimate of drug-likeness (QED) is 0.348. The summed E-state index contributed by atoms with van der Waals surface area (Å²) in [6.45, 7) is 8.82. The molecule has 0 spiro atoms. The van der Waals surface area contributed by atoms with E-state index in [1.54, 1.807) is 0 Å². The molecule has 0 radical (unpaired) electrons. The molecule has 0 aliphatic heterocycles. The molecule has 1 fully saturated rings. The lowest BCUT2D eigenvalue weighted by Gasteiger charge is -2.14. The number of carbonyl (C=O) groups is 1. The molecule has 0 unspecified atom stereocenters. The van der Waals surface area contributed by atoms with E-state index >= 15 is 0 Å². The molecular weight excluding hydrogens is 276 g/mol. The van der Waals surface area contributed by atoms with Gasteiger partial charge in [-0.3, -0.25) is 9.79 Å². The van der Waals surface area contributed by atoms with Gasteiger partial charge in [0.2, 0.25) is 5.91 Å². The molecule has 0 saturated heterocycles. The molecule has 1 aliphatic carbocycles. The van der Waals surface area contributed by atoms with Crippen molar-refractivity contribution in [3.8, 4) is 0 Å². The first-order valence-electron chi connectivity index (χ1n) is 8.93. The van der Waals surface area contributed by atoms with Gasteiger partial charge in [-0.05, 0) is 38.5 Å². The highest BCUT2D eigenvalue weighted by Crippen LogP contribution is 2.17. The van der Waals surface area contributed by atoms with Crippen LogP contribution >= 0.6 is 0 Å². The Morgan fingerprint density at radius 1 is 1.23 bits per heavy atom. The van der Waals surface area contributed by atoms with Crippen molar-refractivity contribution in [1.82, 2.24) is 16.0 Å². The summed E-state index contributed by atoms with van der Waals surface area (Å²) >= 11 is 0. The van der Waals surface area contributed by atoms with Crippen molar-refractivity contribution in [3.05, 3.63) is 0 Å². The number of amides is 1. The molecule has 3 N–H and O–H groups in total. The molecule has 1 saturated carbocycles. The van der Waals surface area contributed by atoms with Crippen LogP contribution in [0.25, 0.3) is 0 Å². The smallest absolute Gasteiger partial charge is 0.221 e. The highest BCUT2D eigenvalue weighted by Gasteiger charge is 2.16. The predicted octanol–water partition coefficient (Wildman–Crippen LogP) is 2.43. The van der Waals surface area contributed by atoms with E-state index in [2.05, 4.69) is 41.7 Å². The van der Waals surface area contributed by atoms with E-state index in [4.69, 9.17) is 0 Å². The van der Waals surface area contributed by atoms with Crippen LogP contribution in [0.15, 0.2) is 4.99 Å². The predicted molar refractivity (Wildman–Crippen MR) is 93.1 cm³/mol. The minimum atomic E-state index is 0.148. The van der Waals surface area contributed by atoms with Gasteiger partial charge in [0, 0.05) is 32.1 Å². The van der Waals surface area contributed by atoms with Gasteiger partial charge in [-0.15, -0.1) is 0 Å². The summed E-state index contributed by atoms with van der Waals surface area (Å²) in [6.07, 6.45) is 7.59. The lowest BCUT2D eigenvalue weighted by molar-refractivity contribution is -0.121. The number of nitrogens with one attached hydrogen (secondary N) is 3. The fraction of sp³-hybridized carbons (Fsp3) is 0.882. The summed E-state index contributed by atoms with van der Waals surface area (Å²) in [4.78, 5) is 16.4. The van der Waals surface area contributed by atoms with Gasteiger partial charge in [0.15, 0.2) is 5.96 Å². The average molecular weight is 310 g/mol. The van der Waals surface area contributed by atoms with E-state index in [1.807, 2.05) is 0 Å². The van der Waals surface area contributed by atoms with E-state index in [9.17, 15) is 4.79 Å². The van der Waals surface area contributed by atoms with Gasteiger partial charge in [0.1, 0.15) is 0 Å². The Bertz CT molecular complexity index is 336. The Labute approximate surface area is 135 Å². The molecule has 1 amide bonds. The monoisotopic (exact) mass is 310 g/mol. The number of aliphatic imine (C=N–C) groups is 1. The van der Waals surface area contributed by atoms with Gasteiger partial charge in [-0.1, -0.05) is 26.7 Å². The van der Waals surface area contributed by atoms with Crippen LogP contribution in [0.4, 0.5) is 0 Å². The Hall–Kier alpha value is -1.26. The summed E-state index contributed by atoms with van der Waals surface area (Å²) in [5.74, 6) is 1.69. The first kappa shape index (κ1) is 18.8. The SMILES string of the molecule is CCNC(=NCCCC(C)C)NCCC(=O)NC1CCCC1. The van der Waals surface area contributed by atoms with Gasteiger partial charge in [-0.2, -0.15) is 0 Å². The van der Waals surface area contributed by atoms with Crippen LogP contribution in [0.1, 0.15) is 65.7 Å². The third-order valence-corrected chi connectivity index (χ3v) is 3.92. The molecule has 1 aliphatic rings. The van der Waals surface area contributed by atoms with Crippen LogP contribution in [0.5, 0.6) is 0 Å². The Kier molecular flexibility index (Phi) is 9.67. The van der Waals surface area contributed by atoms with Crippen LogP contribution in [0, 0.1) is 5.92 Å².